The first-order valence-electron chi connectivity index (χ1n) is 11.6. The van der Waals surface area contributed by atoms with Crippen molar-refractivity contribution in [2.75, 3.05) is 0 Å². The van der Waals surface area contributed by atoms with Crippen LogP contribution < -0.4 is 0 Å². The Morgan fingerprint density at radius 2 is 1.00 bits per heavy atom. The van der Waals surface area contributed by atoms with E-state index in [4.69, 9.17) is 4.74 Å². The van der Waals surface area contributed by atoms with Crippen LogP contribution in [0.5, 0.6) is 0 Å². The van der Waals surface area contributed by atoms with Crippen molar-refractivity contribution in [1.29, 1.82) is 0 Å². The average Bonchev–Trinajstić information content (AvgIpc) is 2.57. The van der Waals surface area contributed by atoms with E-state index in [0.717, 1.165) is 12.8 Å². The van der Waals surface area contributed by atoms with Gasteiger partial charge in [-0.1, -0.05) is 96.8 Å². The first-order chi connectivity index (χ1) is 12.7. The zero-order valence-corrected chi connectivity index (χ0v) is 19.1. The SMILES string of the molecule is CCCCCCCCCCCCCCCCCC(=O)OC(C)(C)C(C)(C)O. The molecular weight excluding hydrogens is 336 g/mol. The molecule has 0 aliphatic carbocycles. The molecule has 0 aromatic heterocycles. The molecule has 0 aliphatic rings. The minimum Gasteiger partial charge on any atom is -0.457 e. The molecule has 0 radical (unpaired) electrons. The molecule has 0 aromatic carbocycles. The molecule has 1 N–H and O–H groups in total. The summed E-state index contributed by atoms with van der Waals surface area (Å²) >= 11 is 0. The topological polar surface area (TPSA) is 46.5 Å². The molecule has 0 saturated carbocycles. The van der Waals surface area contributed by atoms with Gasteiger partial charge in [0.15, 0.2) is 0 Å². The fourth-order valence-electron chi connectivity index (χ4n) is 3.10. The van der Waals surface area contributed by atoms with Gasteiger partial charge in [0, 0.05) is 6.42 Å². The highest BCUT2D eigenvalue weighted by atomic mass is 16.6. The zero-order valence-electron chi connectivity index (χ0n) is 19.1. The second-order valence-corrected chi connectivity index (χ2v) is 9.24. The Morgan fingerprint density at radius 1 is 0.667 bits per heavy atom. The van der Waals surface area contributed by atoms with Crippen LogP contribution in [-0.4, -0.2) is 22.3 Å². The third-order valence-corrected chi connectivity index (χ3v) is 5.83. The molecule has 0 bridgehead atoms. The molecule has 0 heterocycles. The summed E-state index contributed by atoms with van der Waals surface area (Å²) in [5.41, 5.74) is -1.88. The molecule has 0 rings (SSSR count). The van der Waals surface area contributed by atoms with Gasteiger partial charge >= 0.3 is 5.97 Å². The Hall–Kier alpha value is -0.570. The number of aliphatic hydroxyl groups is 1. The van der Waals surface area contributed by atoms with E-state index in [2.05, 4.69) is 6.92 Å². The van der Waals surface area contributed by atoms with Crippen molar-refractivity contribution in [2.24, 2.45) is 0 Å². The molecule has 0 atom stereocenters. The van der Waals surface area contributed by atoms with Crippen LogP contribution in [0.1, 0.15) is 137 Å². The summed E-state index contributed by atoms with van der Waals surface area (Å²) in [5, 5.41) is 10.0. The summed E-state index contributed by atoms with van der Waals surface area (Å²) in [6.45, 7) is 9.14. The molecule has 0 aromatic rings. The Labute approximate surface area is 169 Å². The maximum Gasteiger partial charge on any atom is 0.306 e. The largest absolute Gasteiger partial charge is 0.457 e. The zero-order chi connectivity index (χ0) is 20.6. The predicted octanol–water partition coefficient (Wildman–Crippen LogP) is 7.34. The van der Waals surface area contributed by atoms with Crippen LogP contribution in [0.2, 0.25) is 0 Å². The minimum absolute atomic E-state index is 0.197. The summed E-state index contributed by atoms with van der Waals surface area (Å²) in [6.07, 6.45) is 20.2. The van der Waals surface area contributed by atoms with E-state index in [9.17, 15) is 9.90 Å². The molecule has 0 spiro atoms. The quantitative estimate of drug-likeness (QED) is 0.198. The minimum atomic E-state index is -1.03. The van der Waals surface area contributed by atoms with Crippen LogP contribution in [-0.2, 0) is 9.53 Å². The highest BCUT2D eigenvalue weighted by molar-refractivity contribution is 5.69. The van der Waals surface area contributed by atoms with Gasteiger partial charge in [-0.25, -0.2) is 0 Å². The van der Waals surface area contributed by atoms with Crippen molar-refractivity contribution in [3.63, 3.8) is 0 Å². The van der Waals surface area contributed by atoms with Gasteiger partial charge in [0.1, 0.15) is 5.60 Å². The van der Waals surface area contributed by atoms with Crippen LogP contribution in [0.15, 0.2) is 0 Å². The van der Waals surface area contributed by atoms with E-state index >= 15 is 0 Å². The molecule has 162 valence electrons. The van der Waals surface area contributed by atoms with Crippen LogP contribution in [0.4, 0.5) is 0 Å². The van der Waals surface area contributed by atoms with Gasteiger partial charge in [0.05, 0.1) is 5.60 Å². The molecule has 3 heteroatoms. The monoisotopic (exact) mass is 384 g/mol. The number of hydrogen-bond donors (Lipinski definition) is 1. The molecule has 0 fully saturated rings. The fraction of sp³-hybridized carbons (Fsp3) is 0.958. The maximum atomic E-state index is 11.9. The summed E-state index contributed by atoms with van der Waals surface area (Å²) in [5.74, 6) is -0.197. The van der Waals surface area contributed by atoms with Gasteiger partial charge in [0.2, 0.25) is 0 Å². The lowest BCUT2D eigenvalue weighted by molar-refractivity contribution is -0.180. The normalized spacial score (nSPS) is 12.4. The van der Waals surface area contributed by atoms with Crippen molar-refractivity contribution >= 4 is 5.97 Å². The van der Waals surface area contributed by atoms with Crippen molar-refractivity contribution < 1.29 is 14.6 Å². The highest BCUT2D eigenvalue weighted by Gasteiger charge is 2.38. The van der Waals surface area contributed by atoms with Crippen LogP contribution in [0, 0.1) is 0 Å². The van der Waals surface area contributed by atoms with Crippen molar-refractivity contribution in [1.82, 2.24) is 0 Å². The number of carbonyl (C=O) groups is 1. The smallest absolute Gasteiger partial charge is 0.306 e. The lowest BCUT2D eigenvalue weighted by atomic mass is 9.89. The summed E-state index contributed by atoms with van der Waals surface area (Å²) in [6, 6.07) is 0. The van der Waals surface area contributed by atoms with Gasteiger partial charge in [-0.2, -0.15) is 0 Å². The molecular formula is C24H48O3. The van der Waals surface area contributed by atoms with E-state index in [0.29, 0.717) is 6.42 Å². The summed E-state index contributed by atoms with van der Waals surface area (Å²) in [4.78, 5) is 11.9. The number of rotatable bonds is 18. The van der Waals surface area contributed by atoms with Crippen LogP contribution >= 0.6 is 0 Å². The second-order valence-electron chi connectivity index (χ2n) is 9.24. The number of carbonyl (C=O) groups excluding carboxylic acids is 1. The maximum absolute atomic E-state index is 11.9. The number of esters is 1. The number of ether oxygens (including phenoxy) is 1. The van der Waals surface area contributed by atoms with Gasteiger partial charge in [-0.05, 0) is 34.1 Å². The average molecular weight is 385 g/mol. The van der Waals surface area contributed by atoms with E-state index in [1.54, 1.807) is 27.7 Å². The Kier molecular flexibility index (Phi) is 15.0. The molecule has 0 amide bonds. The van der Waals surface area contributed by atoms with E-state index < -0.39 is 11.2 Å². The molecule has 0 aliphatic heterocycles. The number of unbranched alkanes of at least 4 members (excludes halogenated alkanes) is 14. The Balaban J connectivity index is 3.37. The molecule has 0 unspecified atom stereocenters. The van der Waals surface area contributed by atoms with E-state index in [-0.39, 0.29) is 5.97 Å². The second kappa shape index (κ2) is 15.4. The van der Waals surface area contributed by atoms with Crippen LogP contribution in [0.25, 0.3) is 0 Å². The van der Waals surface area contributed by atoms with Crippen molar-refractivity contribution in [2.45, 2.75) is 149 Å². The van der Waals surface area contributed by atoms with Crippen molar-refractivity contribution in [3.05, 3.63) is 0 Å². The lowest BCUT2D eigenvalue weighted by Crippen LogP contribution is -2.48. The summed E-state index contributed by atoms with van der Waals surface area (Å²) < 4.78 is 5.43. The summed E-state index contributed by atoms with van der Waals surface area (Å²) in [7, 11) is 0. The molecule has 3 nitrogen and oxygen atoms in total. The lowest BCUT2D eigenvalue weighted by Gasteiger charge is -2.36. The van der Waals surface area contributed by atoms with E-state index in [1.807, 2.05) is 0 Å². The standard InChI is InChI=1S/C24H48O3/c1-6-7-8-9-10-11-12-13-14-15-16-17-18-19-20-21-22(25)27-24(4,5)23(2,3)26/h26H,6-21H2,1-5H3. The van der Waals surface area contributed by atoms with Gasteiger partial charge < -0.3 is 9.84 Å². The number of hydrogen-bond acceptors (Lipinski definition) is 3. The molecule has 0 saturated heterocycles. The van der Waals surface area contributed by atoms with Gasteiger partial charge in [0.25, 0.3) is 0 Å². The predicted molar refractivity (Wildman–Crippen MR) is 116 cm³/mol. The first kappa shape index (κ1) is 26.4. The van der Waals surface area contributed by atoms with Gasteiger partial charge in [-0.15, -0.1) is 0 Å². The van der Waals surface area contributed by atoms with E-state index in [1.165, 1.54) is 83.5 Å². The highest BCUT2D eigenvalue weighted by Crippen LogP contribution is 2.25. The van der Waals surface area contributed by atoms with Crippen LogP contribution in [0.3, 0.4) is 0 Å². The molecule has 27 heavy (non-hydrogen) atoms. The first-order valence-corrected chi connectivity index (χ1v) is 11.6. The van der Waals surface area contributed by atoms with Gasteiger partial charge in [-0.3, -0.25) is 4.79 Å². The Bertz CT molecular complexity index is 355. The fourth-order valence-corrected chi connectivity index (χ4v) is 3.10. The van der Waals surface area contributed by atoms with Crippen molar-refractivity contribution in [3.8, 4) is 0 Å². The third-order valence-electron chi connectivity index (χ3n) is 5.83. The Morgan fingerprint density at radius 3 is 1.33 bits per heavy atom. The third kappa shape index (κ3) is 15.1.